The molecule has 0 unspecified atom stereocenters. The van der Waals surface area contributed by atoms with Crippen LogP contribution in [0, 0.1) is 0 Å². The molecule has 20 heavy (non-hydrogen) atoms. The van der Waals surface area contributed by atoms with Gasteiger partial charge in [-0.3, -0.25) is 4.68 Å². The van der Waals surface area contributed by atoms with Crippen molar-refractivity contribution >= 4 is 23.0 Å². The number of rotatable bonds is 6. The molecule has 1 N–H and O–H groups in total. The maximum Gasteiger partial charge on any atom is 0.137 e. The fourth-order valence-electron chi connectivity index (χ4n) is 2.10. The van der Waals surface area contributed by atoms with Crippen LogP contribution >= 0.6 is 11.6 Å². The smallest absolute Gasteiger partial charge is 0.137 e. The maximum atomic E-state index is 6.26. The standard InChI is InChI=1S/C14H20ClN5/c1-11(7-8-20-10-16-9-17-20)18-13-6-4-5-12(15)14(13)19(2)3/h4-6,9-11,18H,7-8H2,1-3H3/t11-/m1/s1. The Labute approximate surface area is 124 Å². The third kappa shape index (κ3) is 3.63. The number of hydrogen-bond donors (Lipinski definition) is 1. The van der Waals surface area contributed by atoms with Crippen molar-refractivity contribution in [1.82, 2.24) is 14.8 Å². The first-order valence-corrected chi connectivity index (χ1v) is 7.00. The second-order valence-corrected chi connectivity index (χ2v) is 5.43. The number of nitrogens with zero attached hydrogens (tertiary/aromatic N) is 4. The van der Waals surface area contributed by atoms with Gasteiger partial charge in [0.05, 0.1) is 16.4 Å². The Morgan fingerprint density at radius 1 is 1.40 bits per heavy atom. The molecule has 0 aliphatic carbocycles. The van der Waals surface area contributed by atoms with Crippen LogP contribution in [0.15, 0.2) is 30.9 Å². The van der Waals surface area contributed by atoms with Crippen LogP contribution in [0.2, 0.25) is 5.02 Å². The lowest BCUT2D eigenvalue weighted by Crippen LogP contribution is -2.20. The van der Waals surface area contributed by atoms with Gasteiger partial charge in [0.2, 0.25) is 0 Å². The topological polar surface area (TPSA) is 46.0 Å². The van der Waals surface area contributed by atoms with E-state index in [9.17, 15) is 0 Å². The fraction of sp³-hybridized carbons (Fsp3) is 0.429. The Bertz CT molecular complexity index is 539. The number of benzene rings is 1. The molecule has 1 aromatic carbocycles. The largest absolute Gasteiger partial charge is 0.381 e. The van der Waals surface area contributed by atoms with Crippen molar-refractivity contribution in [1.29, 1.82) is 0 Å². The summed E-state index contributed by atoms with van der Waals surface area (Å²) in [7, 11) is 3.99. The minimum Gasteiger partial charge on any atom is -0.381 e. The summed E-state index contributed by atoms with van der Waals surface area (Å²) in [5, 5.41) is 8.36. The molecule has 0 saturated carbocycles. The molecule has 0 amide bonds. The summed E-state index contributed by atoms with van der Waals surface area (Å²) >= 11 is 6.26. The zero-order valence-corrected chi connectivity index (χ0v) is 12.8. The molecule has 0 aliphatic heterocycles. The first-order chi connectivity index (χ1) is 9.58. The quantitative estimate of drug-likeness (QED) is 0.889. The second kappa shape index (κ2) is 6.61. The predicted octanol–water partition coefficient (Wildman–Crippen LogP) is 2.89. The lowest BCUT2D eigenvalue weighted by molar-refractivity contribution is 0.544. The number of hydrogen-bond acceptors (Lipinski definition) is 4. The SMILES string of the molecule is C[C@H](CCn1cncn1)Nc1cccc(Cl)c1N(C)C. The van der Waals surface area contributed by atoms with Crippen molar-refractivity contribution in [2.75, 3.05) is 24.3 Å². The molecular weight excluding hydrogens is 274 g/mol. The highest BCUT2D eigenvalue weighted by atomic mass is 35.5. The summed E-state index contributed by atoms with van der Waals surface area (Å²) in [6, 6.07) is 6.23. The zero-order chi connectivity index (χ0) is 14.5. The molecule has 0 aliphatic rings. The minimum atomic E-state index is 0.316. The van der Waals surface area contributed by atoms with Crippen LogP contribution < -0.4 is 10.2 Å². The minimum absolute atomic E-state index is 0.316. The molecule has 1 atom stereocenters. The summed E-state index contributed by atoms with van der Waals surface area (Å²) in [6.07, 6.45) is 4.25. The van der Waals surface area contributed by atoms with Crippen LogP contribution in [0.4, 0.5) is 11.4 Å². The van der Waals surface area contributed by atoms with E-state index in [1.807, 2.05) is 41.9 Å². The van der Waals surface area contributed by atoms with Crippen molar-refractivity contribution < 1.29 is 0 Å². The molecule has 0 spiro atoms. The van der Waals surface area contributed by atoms with Gasteiger partial charge in [0.25, 0.3) is 0 Å². The van der Waals surface area contributed by atoms with Gasteiger partial charge in [-0.15, -0.1) is 0 Å². The number of anilines is 2. The van der Waals surface area contributed by atoms with Gasteiger partial charge >= 0.3 is 0 Å². The van der Waals surface area contributed by atoms with Crippen molar-refractivity contribution in [2.24, 2.45) is 0 Å². The Hall–Kier alpha value is -1.75. The monoisotopic (exact) mass is 293 g/mol. The van der Waals surface area contributed by atoms with Crippen LogP contribution in [-0.2, 0) is 6.54 Å². The lowest BCUT2D eigenvalue weighted by atomic mass is 10.2. The van der Waals surface area contributed by atoms with Crippen LogP contribution in [0.5, 0.6) is 0 Å². The van der Waals surface area contributed by atoms with Crippen molar-refractivity contribution in [3.05, 3.63) is 35.9 Å². The molecule has 1 heterocycles. The Morgan fingerprint density at radius 2 is 2.20 bits per heavy atom. The van der Waals surface area contributed by atoms with E-state index in [1.165, 1.54) is 0 Å². The average molecular weight is 294 g/mol. The van der Waals surface area contributed by atoms with Gasteiger partial charge in [0.1, 0.15) is 12.7 Å². The summed E-state index contributed by atoms with van der Waals surface area (Å²) in [4.78, 5) is 5.96. The third-order valence-electron chi connectivity index (χ3n) is 3.09. The van der Waals surface area contributed by atoms with Crippen LogP contribution in [0.1, 0.15) is 13.3 Å². The molecule has 1 aromatic heterocycles. The van der Waals surface area contributed by atoms with Crippen molar-refractivity contribution in [3.63, 3.8) is 0 Å². The van der Waals surface area contributed by atoms with E-state index in [1.54, 1.807) is 12.7 Å². The van der Waals surface area contributed by atoms with E-state index in [2.05, 4.69) is 22.3 Å². The Balaban J connectivity index is 2.00. The summed E-state index contributed by atoms with van der Waals surface area (Å²) in [6.45, 7) is 2.99. The molecule has 0 bridgehead atoms. The molecule has 5 nitrogen and oxygen atoms in total. The maximum absolute atomic E-state index is 6.26. The van der Waals surface area contributed by atoms with E-state index >= 15 is 0 Å². The second-order valence-electron chi connectivity index (χ2n) is 5.02. The zero-order valence-electron chi connectivity index (χ0n) is 12.0. The van der Waals surface area contributed by atoms with Gasteiger partial charge in [-0.2, -0.15) is 5.10 Å². The Kier molecular flexibility index (Phi) is 4.84. The van der Waals surface area contributed by atoms with Crippen molar-refractivity contribution in [2.45, 2.75) is 25.9 Å². The molecule has 0 saturated heterocycles. The highest BCUT2D eigenvalue weighted by Crippen LogP contribution is 2.32. The number of aryl methyl sites for hydroxylation is 1. The fourth-order valence-corrected chi connectivity index (χ4v) is 2.44. The van der Waals surface area contributed by atoms with E-state index < -0.39 is 0 Å². The van der Waals surface area contributed by atoms with Gasteiger partial charge in [-0.25, -0.2) is 4.98 Å². The van der Waals surface area contributed by atoms with Crippen LogP contribution in [0.3, 0.4) is 0 Å². The number of aromatic nitrogens is 3. The summed E-state index contributed by atoms with van der Waals surface area (Å²) < 4.78 is 1.84. The highest BCUT2D eigenvalue weighted by Gasteiger charge is 2.11. The number of nitrogens with one attached hydrogen (secondary N) is 1. The van der Waals surface area contributed by atoms with Crippen LogP contribution in [0.25, 0.3) is 0 Å². The predicted molar refractivity (Wildman–Crippen MR) is 83.5 cm³/mol. The van der Waals surface area contributed by atoms with Crippen LogP contribution in [-0.4, -0.2) is 34.9 Å². The Morgan fingerprint density at radius 3 is 2.85 bits per heavy atom. The normalized spacial score (nSPS) is 12.2. The van der Waals surface area contributed by atoms with E-state index in [0.29, 0.717) is 6.04 Å². The molecule has 0 fully saturated rings. The average Bonchev–Trinajstić information content (AvgIpc) is 2.89. The molecule has 2 rings (SSSR count). The third-order valence-corrected chi connectivity index (χ3v) is 3.40. The first kappa shape index (κ1) is 14.7. The van der Waals surface area contributed by atoms with E-state index in [4.69, 9.17) is 11.6 Å². The first-order valence-electron chi connectivity index (χ1n) is 6.62. The number of halogens is 1. The van der Waals surface area contributed by atoms with Gasteiger partial charge in [0.15, 0.2) is 0 Å². The molecule has 2 aromatic rings. The molecular formula is C14H20ClN5. The van der Waals surface area contributed by atoms with Gasteiger partial charge in [-0.1, -0.05) is 17.7 Å². The summed E-state index contributed by atoms with van der Waals surface area (Å²) in [5.41, 5.74) is 2.07. The highest BCUT2D eigenvalue weighted by molar-refractivity contribution is 6.34. The molecule has 6 heteroatoms. The lowest BCUT2D eigenvalue weighted by Gasteiger charge is -2.23. The molecule has 108 valence electrons. The van der Waals surface area contributed by atoms with E-state index in [-0.39, 0.29) is 0 Å². The van der Waals surface area contributed by atoms with Gasteiger partial charge in [0, 0.05) is 26.7 Å². The van der Waals surface area contributed by atoms with E-state index in [0.717, 1.165) is 29.4 Å². The molecule has 0 radical (unpaired) electrons. The number of para-hydroxylation sites is 1. The van der Waals surface area contributed by atoms with Crippen molar-refractivity contribution in [3.8, 4) is 0 Å². The van der Waals surface area contributed by atoms with Gasteiger partial charge < -0.3 is 10.2 Å². The van der Waals surface area contributed by atoms with Gasteiger partial charge in [-0.05, 0) is 25.5 Å². The summed E-state index contributed by atoms with van der Waals surface area (Å²) in [5.74, 6) is 0.